The van der Waals surface area contributed by atoms with E-state index in [1.165, 1.54) is 0 Å². The molecule has 3 fully saturated rings. The number of hydrogen-bond acceptors (Lipinski definition) is 7. The summed E-state index contributed by atoms with van der Waals surface area (Å²) in [6.45, 7) is 11.4. The van der Waals surface area contributed by atoms with Gasteiger partial charge in [-0.3, -0.25) is 4.79 Å². The lowest BCUT2D eigenvalue weighted by atomic mass is 9.44. The van der Waals surface area contributed by atoms with Crippen molar-refractivity contribution in [1.29, 1.82) is 0 Å². The number of carbonyl (C=O) groups excluding carboxylic acids is 2. The molecular formula is C29H42FNO5S2. The van der Waals surface area contributed by atoms with Crippen LogP contribution in [0.2, 0.25) is 0 Å². The van der Waals surface area contributed by atoms with Gasteiger partial charge in [-0.15, -0.1) is 0 Å². The van der Waals surface area contributed by atoms with E-state index in [9.17, 15) is 19.8 Å². The van der Waals surface area contributed by atoms with Gasteiger partial charge in [0.15, 0.2) is 12.3 Å². The van der Waals surface area contributed by atoms with Crippen LogP contribution in [0, 0.1) is 28.6 Å². The smallest absolute Gasteiger partial charge is 0.407 e. The molecule has 0 bridgehead atoms. The Hall–Kier alpha value is -1.29. The number of hydrogen-bond donors (Lipinski definition) is 3. The Bertz CT molecular complexity index is 1030. The lowest BCUT2D eigenvalue weighted by Crippen LogP contribution is -2.69. The number of ketones is 1. The van der Waals surface area contributed by atoms with Gasteiger partial charge in [-0.2, -0.15) is 0 Å². The van der Waals surface area contributed by atoms with Crippen molar-refractivity contribution in [2.24, 2.45) is 28.6 Å². The number of aliphatic hydroxyl groups is 2. The monoisotopic (exact) mass is 567 g/mol. The molecule has 38 heavy (non-hydrogen) atoms. The minimum absolute atomic E-state index is 0.0479. The quantitative estimate of drug-likeness (QED) is 0.253. The van der Waals surface area contributed by atoms with Crippen LogP contribution in [0.4, 0.5) is 9.18 Å². The maximum absolute atomic E-state index is 17.3. The molecule has 6 nitrogen and oxygen atoms in total. The van der Waals surface area contributed by atoms with E-state index in [0.29, 0.717) is 25.8 Å². The molecule has 4 aliphatic rings. The second kappa shape index (κ2) is 10.9. The van der Waals surface area contributed by atoms with Crippen LogP contribution >= 0.6 is 21.6 Å². The fraction of sp³-hybridized carbons (Fsp3) is 0.724. The van der Waals surface area contributed by atoms with Crippen LogP contribution in [0.3, 0.4) is 0 Å². The summed E-state index contributed by atoms with van der Waals surface area (Å²) in [7, 11) is 3.41. The van der Waals surface area contributed by atoms with Crippen molar-refractivity contribution in [3.05, 3.63) is 36.0 Å². The summed E-state index contributed by atoms with van der Waals surface area (Å²) in [5, 5.41) is 26.1. The Morgan fingerprint density at radius 3 is 2.68 bits per heavy atom. The van der Waals surface area contributed by atoms with Gasteiger partial charge in [-0.25, -0.2) is 9.18 Å². The third-order valence-corrected chi connectivity index (χ3v) is 12.5. The Kier molecular flexibility index (Phi) is 8.55. The zero-order valence-corrected chi connectivity index (χ0v) is 24.6. The summed E-state index contributed by atoms with van der Waals surface area (Å²) in [6.07, 6.45) is 6.23. The van der Waals surface area contributed by atoms with E-state index < -0.39 is 58.5 Å². The minimum atomic E-state index is -1.92. The third-order valence-electron chi connectivity index (χ3n) is 9.90. The Labute approximate surface area is 233 Å². The van der Waals surface area contributed by atoms with Crippen LogP contribution in [-0.4, -0.2) is 64.1 Å². The molecule has 0 radical (unpaired) electrons. The zero-order valence-electron chi connectivity index (χ0n) is 22.9. The molecule has 212 valence electrons. The van der Waals surface area contributed by atoms with E-state index in [1.54, 1.807) is 35.4 Å². The summed E-state index contributed by atoms with van der Waals surface area (Å²) >= 11 is 0. The molecule has 0 aromatic heterocycles. The summed E-state index contributed by atoms with van der Waals surface area (Å²) in [6, 6.07) is 0. The average molecular weight is 568 g/mol. The molecule has 0 aromatic carbocycles. The topological polar surface area (TPSA) is 95.9 Å². The molecule has 3 saturated carbocycles. The van der Waals surface area contributed by atoms with E-state index >= 15 is 4.39 Å². The third kappa shape index (κ3) is 4.49. The SMILES string of the molecule is C=C1C=C[C@]2(C)C(=C1)CC[C@@H]1[C@H]3C[C@H](C)[C@@](O)(C(=O)COC(=O)NCCSSCCC)[C@]3(C)C[C@@H](O)[C@]12F. The normalized spacial score (nSPS) is 41.6. The van der Waals surface area contributed by atoms with E-state index in [1.807, 2.05) is 25.2 Å². The van der Waals surface area contributed by atoms with Crippen molar-refractivity contribution in [2.75, 3.05) is 24.7 Å². The molecule has 4 aliphatic carbocycles. The number of carbonyl (C=O) groups is 2. The van der Waals surface area contributed by atoms with E-state index in [0.717, 1.165) is 29.1 Å². The van der Waals surface area contributed by atoms with E-state index in [-0.39, 0.29) is 12.3 Å². The first-order valence-corrected chi connectivity index (χ1v) is 16.2. The highest BCUT2D eigenvalue weighted by molar-refractivity contribution is 8.76. The Balaban J connectivity index is 1.48. The first-order chi connectivity index (χ1) is 17.9. The van der Waals surface area contributed by atoms with Crippen LogP contribution in [0.15, 0.2) is 36.0 Å². The van der Waals surface area contributed by atoms with Gasteiger partial charge < -0.3 is 20.3 Å². The molecule has 0 heterocycles. The number of halogens is 1. The van der Waals surface area contributed by atoms with Gasteiger partial charge in [0.25, 0.3) is 0 Å². The summed E-state index contributed by atoms with van der Waals surface area (Å²) in [5.41, 5.74) is -4.01. The van der Waals surface area contributed by atoms with Crippen molar-refractivity contribution < 1.29 is 28.9 Å². The standard InChI is InChI=1S/C29H42FNO5S2/c1-6-12-37-38-13-11-31-25(34)36-17-24(33)29(35)19(3)15-22-21-8-7-20-14-18(2)9-10-26(20,4)28(21,30)23(32)16-27(22,29)5/h9-10,14,19,21-23,32,35H,2,6-8,11-13,15-17H2,1,3-5H3,(H,31,34)/t19-,21+,22+,23+,26+,27+,28+,29+/m0/s1. The number of ether oxygens (including phenoxy) is 1. The van der Waals surface area contributed by atoms with Crippen molar-refractivity contribution in [3.8, 4) is 0 Å². The predicted octanol–water partition coefficient (Wildman–Crippen LogP) is 5.41. The van der Waals surface area contributed by atoms with Crippen LogP contribution in [-0.2, 0) is 9.53 Å². The van der Waals surface area contributed by atoms with Crippen molar-refractivity contribution in [1.82, 2.24) is 5.32 Å². The number of fused-ring (bicyclic) bond motifs is 5. The van der Waals surface area contributed by atoms with Gasteiger partial charge in [-0.1, -0.05) is 72.7 Å². The summed E-state index contributed by atoms with van der Waals surface area (Å²) < 4.78 is 22.5. The van der Waals surface area contributed by atoms with Crippen LogP contribution in [0.1, 0.15) is 59.8 Å². The van der Waals surface area contributed by atoms with Gasteiger partial charge in [0.2, 0.25) is 5.78 Å². The van der Waals surface area contributed by atoms with Crippen molar-refractivity contribution in [3.63, 3.8) is 0 Å². The summed E-state index contributed by atoms with van der Waals surface area (Å²) in [5.74, 6) is -0.118. The lowest BCUT2D eigenvalue weighted by molar-refractivity contribution is -0.219. The number of alkyl carbamates (subject to hydrolysis) is 1. The molecular weight excluding hydrogens is 525 g/mol. The van der Waals surface area contributed by atoms with Crippen molar-refractivity contribution in [2.45, 2.75) is 77.2 Å². The highest BCUT2D eigenvalue weighted by Gasteiger charge is 2.75. The van der Waals surface area contributed by atoms with Crippen molar-refractivity contribution >= 4 is 33.5 Å². The number of amides is 1. The first kappa shape index (κ1) is 29.7. The Morgan fingerprint density at radius 1 is 1.26 bits per heavy atom. The van der Waals surface area contributed by atoms with Gasteiger partial charge in [-0.05, 0) is 56.4 Å². The predicted molar refractivity (Wildman–Crippen MR) is 152 cm³/mol. The molecule has 0 aliphatic heterocycles. The number of aliphatic hydroxyl groups excluding tert-OH is 1. The fourth-order valence-corrected chi connectivity index (χ4v) is 9.95. The average Bonchev–Trinajstić information content (AvgIpc) is 3.07. The molecule has 0 spiro atoms. The molecule has 0 unspecified atom stereocenters. The molecule has 8 atom stereocenters. The zero-order chi connectivity index (χ0) is 27.9. The molecule has 1 amide bonds. The molecule has 9 heteroatoms. The van der Waals surface area contributed by atoms with Crippen LogP contribution in [0.5, 0.6) is 0 Å². The largest absolute Gasteiger partial charge is 0.441 e. The highest BCUT2D eigenvalue weighted by atomic mass is 33.1. The van der Waals surface area contributed by atoms with E-state index in [4.69, 9.17) is 4.74 Å². The number of Topliss-reactive ketones (excluding diaryl/α,β-unsaturated/α-hetero) is 1. The molecule has 4 rings (SSSR count). The number of allylic oxidation sites excluding steroid dienone is 5. The van der Waals surface area contributed by atoms with Gasteiger partial charge in [0.05, 0.1) is 6.10 Å². The molecule has 0 saturated heterocycles. The lowest BCUT2D eigenvalue weighted by Gasteiger charge is -2.62. The summed E-state index contributed by atoms with van der Waals surface area (Å²) in [4.78, 5) is 25.7. The number of nitrogens with one attached hydrogen (secondary N) is 1. The van der Waals surface area contributed by atoms with Gasteiger partial charge in [0, 0.05) is 34.8 Å². The maximum atomic E-state index is 17.3. The second-order valence-corrected chi connectivity index (χ2v) is 14.6. The van der Waals surface area contributed by atoms with E-state index in [2.05, 4.69) is 18.8 Å². The fourth-order valence-electron chi connectivity index (χ4n) is 7.91. The minimum Gasteiger partial charge on any atom is -0.441 e. The van der Waals surface area contributed by atoms with Crippen LogP contribution in [0.25, 0.3) is 0 Å². The molecule has 0 aromatic rings. The number of rotatable bonds is 9. The number of alkyl halides is 1. The Morgan fingerprint density at radius 2 is 1.97 bits per heavy atom. The van der Waals surface area contributed by atoms with Gasteiger partial charge in [0.1, 0.15) is 5.60 Å². The highest BCUT2D eigenvalue weighted by Crippen LogP contribution is 2.70. The van der Waals surface area contributed by atoms with Crippen LogP contribution < -0.4 is 5.32 Å². The van der Waals surface area contributed by atoms with Gasteiger partial charge >= 0.3 is 6.09 Å². The molecule has 3 N–H and O–H groups in total. The first-order valence-electron chi connectivity index (χ1n) is 13.7. The second-order valence-electron chi connectivity index (χ2n) is 11.9. The maximum Gasteiger partial charge on any atom is 0.407 e.